The third kappa shape index (κ3) is 3.16. The zero-order valence-corrected chi connectivity index (χ0v) is 11.3. The van der Waals surface area contributed by atoms with Gasteiger partial charge in [-0.25, -0.2) is 0 Å². The van der Waals surface area contributed by atoms with Gasteiger partial charge in [0.25, 0.3) is 0 Å². The van der Waals surface area contributed by atoms with Crippen LogP contribution in [0.5, 0.6) is 5.75 Å². The summed E-state index contributed by atoms with van der Waals surface area (Å²) in [5, 5.41) is 9.25. The molecular weight excluding hydrogens is 248 g/mol. The number of benzene rings is 1. The molecule has 0 saturated carbocycles. The molecule has 2 rings (SSSR count). The zero-order valence-electron chi connectivity index (χ0n) is 10.5. The fourth-order valence-corrected chi connectivity index (χ4v) is 2.44. The minimum atomic E-state index is 0.451. The summed E-state index contributed by atoms with van der Waals surface area (Å²) in [5.74, 6) is 0.734. The molecule has 0 radical (unpaired) electrons. The van der Waals surface area contributed by atoms with Crippen LogP contribution in [0.15, 0.2) is 18.2 Å². The van der Waals surface area contributed by atoms with Crippen LogP contribution in [0.2, 0.25) is 5.02 Å². The van der Waals surface area contributed by atoms with E-state index in [0.29, 0.717) is 23.2 Å². The lowest BCUT2D eigenvalue weighted by Gasteiger charge is -2.32. The first-order chi connectivity index (χ1) is 8.70. The number of likely N-dealkylation sites (N-methyl/N-ethyl adjacent to an activating group) is 1. The van der Waals surface area contributed by atoms with Gasteiger partial charge in [-0.3, -0.25) is 0 Å². The van der Waals surface area contributed by atoms with Crippen LogP contribution in [0, 0.1) is 11.3 Å². The quantitative estimate of drug-likeness (QED) is 0.842. The number of likely N-dealkylation sites (tertiary alicyclic amines) is 1. The molecule has 18 heavy (non-hydrogen) atoms. The van der Waals surface area contributed by atoms with Crippen molar-refractivity contribution >= 4 is 11.6 Å². The van der Waals surface area contributed by atoms with E-state index < -0.39 is 0 Å². The molecule has 1 aliphatic rings. The van der Waals surface area contributed by atoms with Crippen molar-refractivity contribution in [3.63, 3.8) is 0 Å². The lowest BCUT2D eigenvalue weighted by Crippen LogP contribution is -2.40. The Morgan fingerprint density at radius 3 is 3.00 bits per heavy atom. The van der Waals surface area contributed by atoms with Crippen LogP contribution in [0.1, 0.15) is 24.8 Å². The highest BCUT2D eigenvalue weighted by atomic mass is 35.5. The predicted molar refractivity (Wildman–Crippen MR) is 71.9 cm³/mol. The van der Waals surface area contributed by atoms with Gasteiger partial charge in [-0.05, 0) is 38.6 Å². The van der Waals surface area contributed by atoms with Gasteiger partial charge in [-0.2, -0.15) is 5.26 Å². The third-order valence-corrected chi connectivity index (χ3v) is 3.74. The highest BCUT2D eigenvalue weighted by Gasteiger charge is 2.19. The van der Waals surface area contributed by atoms with Crippen molar-refractivity contribution in [2.45, 2.75) is 25.3 Å². The summed E-state index contributed by atoms with van der Waals surface area (Å²) < 4.78 is 5.76. The number of ether oxygens (including phenoxy) is 1. The van der Waals surface area contributed by atoms with Gasteiger partial charge in [0.15, 0.2) is 0 Å². The molecule has 4 heteroatoms. The first-order valence-corrected chi connectivity index (χ1v) is 6.61. The van der Waals surface area contributed by atoms with Crippen molar-refractivity contribution in [3.8, 4) is 11.8 Å². The van der Waals surface area contributed by atoms with E-state index in [2.05, 4.69) is 11.9 Å². The van der Waals surface area contributed by atoms with E-state index in [-0.39, 0.29) is 0 Å². The monoisotopic (exact) mass is 264 g/mol. The van der Waals surface area contributed by atoms with Crippen molar-refractivity contribution in [1.29, 1.82) is 5.26 Å². The van der Waals surface area contributed by atoms with E-state index in [4.69, 9.17) is 21.6 Å². The normalized spacial score (nSPS) is 20.4. The molecule has 1 unspecified atom stereocenters. The largest absolute Gasteiger partial charge is 0.492 e. The molecule has 1 aromatic rings. The maximum absolute atomic E-state index is 8.80. The Hall–Kier alpha value is -1.24. The Bertz CT molecular complexity index is 456. The molecule has 3 nitrogen and oxygen atoms in total. The molecule has 0 aromatic heterocycles. The molecule has 0 N–H and O–H groups in total. The lowest BCUT2D eigenvalue weighted by atomic mass is 10.0. The Morgan fingerprint density at radius 2 is 2.33 bits per heavy atom. The number of nitriles is 1. The highest BCUT2D eigenvalue weighted by molar-refractivity contribution is 6.31. The molecule has 0 bridgehead atoms. The molecule has 0 amide bonds. The van der Waals surface area contributed by atoms with Crippen LogP contribution in [0.25, 0.3) is 0 Å². The Kier molecular flexibility index (Phi) is 4.46. The van der Waals surface area contributed by atoms with Crippen LogP contribution in [0.3, 0.4) is 0 Å². The number of rotatable bonds is 3. The molecule has 1 aliphatic heterocycles. The number of hydrogen-bond donors (Lipinski definition) is 0. The SMILES string of the molecule is CN1CCCCC1COc1ccc(C#N)c(Cl)c1. The maximum atomic E-state index is 8.80. The van der Waals surface area contributed by atoms with Crippen molar-refractivity contribution < 1.29 is 4.74 Å². The minimum Gasteiger partial charge on any atom is -0.492 e. The van der Waals surface area contributed by atoms with Gasteiger partial charge in [0.05, 0.1) is 10.6 Å². The first kappa shape index (κ1) is 13.2. The summed E-state index contributed by atoms with van der Waals surface area (Å²) in [6, 6.07) is 7.73. The molecule has 1 fully saturated rings. The van der Waals surface area contributed by atoms with Gasteiger partial charge in [0.2, 0.25) is 0 Å². The van der Waals surface area contributed by atoms with Gasteiger partial charge in [-0.15, -0.1) is 0 Å². The molecule has 0 aliphatic carbocycles. The van der Waals surface area contributed by atoms with Crippen LogP contribution in [-0.4, -0.2) is 31.1 Å². The van der Waals surface area contributed by atoms with E-state index >= 15 is 0 Å². The second-order valence-electron chi connectivity index (χ2n) is 4.69. The number of piperidine rings is 1. The molecule has 1 heterocycles. The molecule has 1 aromatic carbocycles. The number of halogens is 1. The smallest absolute Gasteiger partial charge is 0.120 e. The van der Waals surface area contributed by atoms with E-state index in [9.17, 15) is 0 Å². The van der Waals surface area contributed by atoms with Gasteiger partial charge in [-0.1, -0.05) is 18.0 Å². The van der Waals surface area contributed by atoms with Crippen LogP contribution >= 0.6 is 11.6 Å². The summed E-state index contributed by atoms with van der Waals surface area (Å²) in [6.07, 6.45) is 3.72. The zero-order chi connectivity index (χ0) is 13.0. The fraction of sp³-hybridized carbons (Fsp3) is 0.500. The predicted octanol–water partition coefficient (Wildman–Crippen LogP) is 3.07. The summed E-state index contributed by atoms with van der Waals surface area (Å²) >= 11 is 5.97. The summed E-state index contributed by atoms with van der Waals surface area (Å²) in [6.45, 7) is 1.82. The highest BCUT2D eigenvalue weighted by Crippen LogP contribution is 2.23. The standard InChI is InChI=1S/C14H17ClN2O/c1-17-7-3-2-4-12(17)10-18-13-6-5-11(9-16)14(15)8-13/h5-6,8,12H,2-4,7,10H2,1H3. The van der Waals surface area contributed by atoms with E-state index in [1.54, 1.807) is 18.2 Å². The Balaban J connectivity index is 1.94. The van der Waals surface area contributed by atoms with E-state index in [1.165, 1.54) is 19.3 Å². The van der Waals surface area contributed by atoms with E-state index in [1.807, 2.05) is 6.07 Å². The second-order valence-corrected chi connectivity index (χ2v) is 5.10. The van der Waals surface area contributed by atoms with Gasteiger partial charge in [0, 0.05) is 12.1 Å². The Labute approximate surface area is 113 Å². The molecule has 0 spiro atoms. The number of nitrogens with zero attached hydrogens (tertiary/aromatic N) is 2. The lowest BCUT2D eigenvalue weighted by molar-refractivity contribution is 0.125. The van der Waals surface area contributed by atoms with E-state index in [0.717, 1.165) is 12.3 Å². The number of hydrogen-bond acceptors (Lipinski definition) is 3. The summed E-state index contributed by atoms with van der Waals surface area (Å²) in [7, 11) is 2.14. The fourth-order valence-electron chi connectivity index (χ4n) is 2.22. The first-order valence-electron chi connectivity index (χ1n) is 6.23. The molecular formula is C14H17ClN2O. The topological polar surface area (TPSA) is 36.3 Å². The average Bonchev–Trinajstić information content (AvgIpc) is 2.38. The van der Waals surface area contributed by atoms with Gasteiger partial charge >= 0.3 is 0 Å². The molecule has 1 saturated heterocycles. The van der Waals surface area contributed by atoms with Crippen molar-refractivity contribution in [2.24, 2.45) is 0 Å². The van der Waals surface area contributed by atoms with Crippen LogP contribution < -0.4 is 4.74 Å². The van der Waals surface area contributed by atoms with Gasteiger partial charge < -0.3 is 9.64 Å². The maximum Gasteiger partial charge on any atom is 0.120 e. The van der Waals surface area contributed by atoms with Crippen molar-refractivity contribution in [2.75, 3.05) is 20.2 Å². The summed E-state index contributed by atoms with van der Waals surface area (Å²) in [4.78, 5) is 2.34. The molecule has 96 valence electrons. The third-order valence-electron chi connectivity index (χ3n) is 3.42. The van der Waals surface area contributed by atoms with Gasteiger partial charge in [0.1, 0.15) is 18.4 Å². The van der Waals surface area contributed by atoms with Crippen molar-refractivity contribution in [1.82, 2.24) is 4.90 Å². The second kappa shape index (κ2) is 6.08. The minimum absolute atomic E-state index is 0.451. The van der Waals surface area contributed by atoms with Crippen LogP contribution in [-0.2, 0) is 0 Å². The summed E-state index contributed by atoms with van der Waals surface area (Å²) in [5.41, 5.74) is 0.485. The average molecular weight is 265 g/mol. The Morgan fingerprint density at radius 1 is 1.50 bits per heavy atom. The van der Waals surface area contributed by atoms with Crippen molar-refractivity contribution in [3.05, 3.63) is 28.8 Å². The van der Waals surface area contributed by atoms with Crippen LogP contribution in [0.4, 0.5) is 0 Å². The molecule has 1 atom stereocenters.